The average molecular weight is 270 g/mol. The number of nitrogens with zero attached hydrogens (tertiary/aromatic N) is 1. The van der Waals surface area contributed by atoms with E-state index in [0.717, 1.165) is 17.1 Å². The lowest BCUT2D eigenvalue weighted by Gasteiger charge is -2.12. The standard InChI is InChI=1S/C17H22N2O/c1-12(2)16-6-5-15(9-13(16)3)20-11-14-7-8-19-17(10-14)18-4/h5-10,12H,11H2,1-4H3,(H,18,19). The van der Waals surface area contributed by atoms with Crippen LogP contribution in [-0.2, 0) is 6.61 Å². The first kappa shape index (κ1) is 14.4. The second-order valence-corrected chi connectivity index (χ2v) is 5.26. The van der Waals surface area contributed by atoms with Crippen molar-refractivity contribution < 1.29 is 4.74 Å². The smallest absolute Gasteiger partial charge is 0.126 e. The number of rotatable bonds is 5. The zero-order valence-corrected chi connectivity index (χ0v) is 12.6. The van der Waals surface area contributed by atoms with E-state index in [1.165, 1.54) is 11.1 Å². The molecule has 0 unspecified atom stereocenters. The molecule has 0 fully saturated rings. The van der Waals surface area contributed by atoms with E-state index in [4.69, 9.17) is 4.74 Å². The van der Waals surface area contributed by atoms with E-state index in [2.05, 4.69) is 43.2 Å². The summed E-state index contributed by atoms with van der Waals surface area (Å²) in [6.45, 7) is 7.10. The van der Waals surface area contributed by atoms with Crippen LogP contribution in [0.1, 0.15) is 36.5 Å². The number of hydrogen-bond acceptors (Lipinski definition) is 3. The molecule has 0 aliphatic carbocycles. The molecule has 1 aromatic carbocycles. The summed E-state index contributed by atoms with van der Waals surface area (Å²) in [5, 5.41) is 3.03. The molecular weight excluding hydrogens is 248 g/mol. The molecule has 20 heavy (non-hydrogen) atoms. The lowest BCUT2D eigenvalue weighted by atomic mass is 9.98. The zero-order chi connectivity index (χ0) is 14.5. The fourth-order valence-corrected chi connectivity index (χ4v) is 2.25. The van der Waals surface area contributed by atoms with Crippen molar-refractivity contribution >= 4 is 5.82 Å². The third-order valence-electron chi connectivity index (χ3n) is 3.35. The molecule has 0 aliphatic rings. The number of pyridine rings is 1. The Morgan fingerprint density at radius 1 is 1.20 bits per heavy atom. The Balaban J connectivity index is 2.05. The Bertz CT molecular complexity index is 579. The molecule has 0 radical (unpaired) electrons. The molecule has 3 nitrogen and oxygen atoms in total. The topological polar surface area (TPSA) is 34.1 Å². The van der Waals surface area contributed by atoms with Crippen LogP contribution in [0.15, 0.2) is 36.5 Å². The van der Waals surface area contributed by atoms with Crippen molar-refractivity contribution in [3.8, 4) is 5.75 Å². The number of ether oxygens (including phenoxy) is 1. The lowest BCUT2D eigenvalue weighted by molar-refractivity contribution is 0.306. The van der Waals surface area contributed by atoms with Gasteiger partial charge in [-0.15, -0.1) is 0 Å². The third-order valence-corrected chi connectivity index (χ3v) is 3.35. The van der Waals surface area contributed by atoms with Crippen LogP contribution in [0.5, 0.6) is 5.75 Å². The van der Waals surface area contributed by atoms with Crippen LogP contribution in [0.2, 0.25) is 0 Å². The van der Waals surface area contributed by atoms with E-state index in [1.807, 2.05) is 25.2 Å². The Morgan fingerprint density at radius 2 is 2.00 bits per heavy atom. The van der Waals surface area contributed by atoms with Gasteiger partial charge in [0.05, 0.1) is 0 Å². The molecule has 0 amide bonds. The Kier molecular flexibility index (Phi) is 4.61. The minimum Gasteiger partial charge on any atom is -0.489 e. The highest BCUT2D eigenvalue weighted by Crippen LogP contribution is 2.24. The van der Waals surface area contributed by atoms with Gasteiger partial charge >= 0.3 is 0 Å². The summed E-state index contributed by atoms with van der Waals surface area (Å²) >= 11 is 0. The molecule has 0 saturated carbocycles. The Morgan fingerprint density at radius 3 is 2.65 bits per heavy atom. The van der Waals surface area contributed by atoms with Crippen molar-refractivity contribution in [2.45, 2.75) is 33.3 Å². The van der Waals surface area contributed by atoms with Crippen LogP contribution in [0, 0.1) is 6.92 Å². The van der Waals surface area contributed by atoms with Gasteiger partial charge in [-0.05, 0) is 53.8 Å². The minimum absolute atomic E-state index is 0.544. The van der Waals surface area contributed by atoms with Crippen molar-refractivity contribution in [3.05, 3.63) is 53.2 Å². The molecular formula is C17H22N2O. The van der Waals surface area contributed by atoms with Crippen LogP contribution >= 0.6 is 0 Å². The van der Waals surface area contributed by atoms with Crippen LogP contribution in [0.4, 0.5) is 5.82 Å². The number of aryl methyl sites for hydroxylation is 1. The maximum absolute atomic E-state index is 5.85. The number of nitrogens with one attached hydrogen (secondary N) is 1. The third kappa shape index (κ3) is 3.50. The molecule has 0 atom stereocenters. The maximum atomic E-state index is 5.85. The van der Waals surface area contributed by atoms with Gasteiger partial charge in [0.15, 0.2) is 0 Å². The van der Waals surface area contributed by atoms with Gasteiger partial charge in [-0.25, -0.2) is 4.98 Å². The van der Waals surface area contributed by atoms with Gasteiger partial charge in [0, 0.05) is 13.2 Å². The van der Waals surface area contributed by atoms with E-state index < -0.39 is 0 Å². The molecule has 1 aromatic heterocycles. The summed E-state index contributed by atoms with van der Waals surface area (Å²) < 4.78 is 5.85. The summed E-state index contributed by atoms with van der Waals surface area (Å²) in [6.07, 6.45) is 1.79. The molecule has 3 heteroatoms. The van der Waals surface area contributed by atoms with Crippen LogP contribution < -0.4 is 10.1 Å². The van der Waals surface area contributed by atoms with Gasteiger partial charge in [-0.3, -0.25) is 0 Å². The van der Waals surface area contributed by atoms with Crippen molar-refractivity contribution in [2.75, 3.05) is 12.4 Å². The van der Waals surface area contributed by atoms with Crippen LogP contribution in [-0.4, -0.2) is 12.0 Å². The summed E-state index contributed by atoms with van der Waals surface area (Å²) in [5.74, 6) is 2.31. The van der Waals surface area contributed by atoms with Gasteiger partial charge in [-0.1, -0.05) is 19.9 Å². The highest BCUT2D eigenvalue weighted by Gasteiger charge is 2.05. The average Bonchev–Trinajstić information content (AvgIpc) is 2.45. The number of anilines is 1. The van der Waals surface area contributed by atoms with E-state index in [1.54, 1.807) is 6.20 Å². The number of benzene rings is 1. The zero-order valence-electron chi connectivity index (χ0n) is 12.6. The number of aromatic nitrogens is 1. The molecule has 0 bridgehead atoms. The molecule has 0 aliphatic heterocycles. The number of hydrogen-bond donors (Lipinski definition) is 1. The molecule has 0 spiro atoms. The molecule has 0 saturated heterocycles. The fourth-order valence-electron chi connectivity index (χ4n) is 2.25. The fraction of sp³-hybridized carbons (Fsp3) is 0.353. The van der Waals surface area contributed by atoms with Crippen molar-refractivity contribution in [3.63, 3.8) is 0 Å². The molecule has 1 heterocycles. The summed E-state index contributed by atoms with van der Waals surface area (Å²) in [6, 6.07) is 10.3. The minimum atomic E-state index is 0.544. The maximum Gasteiger partial charge on any atom is 0.126 e. The monoisotopic (exact) mass is 270 g/mol. The molecule has 2 aromatic rings. The highest BCUT2D eigenvalue weighted by molar-refractivity contribution is 5.38. The summed E-state index contributed by atoms with van der Waals surface area (Å²) in [7, 11) is 1.86. The SMILES string of the molecule is CNc1cc(COc2ccc(C(C)C)c(C)c2)ccn1. The second kappa shape index (κ2) is 6.42. The van der Waals surface area contributed by atoms with Gasteiger partial charge in [0.1, 0.15) is 18.2 Å². The molecule has 1 N–H and O–H groups in total. The van der Waals surface area contributed by atoms with Crippen molar-refractivity contribution in [1.29, 1.82) is 0 Å². The van der Waals surface area contributed by atoms with E-state index in [0.29, 0.717) is 12.5 Å². The first-order valence-corrected chi connectivity index (χ1v) is 6.96. The van der Waals surface area contributed by atoms with Crippen molar-refractivity contribution in [1.82, 2.24) is 4.98 Å². The predicted molar refractivity (Wildman–Crippen MR) is 83.4 cm³/mol. The van der Waals surface area contributed by atoms with E-state index in [9.17, 15) is 0 Å². The second-order valence-electron chi connectivity index (χ2n) is 5.26. The first-order chi connectivity index (χ1) is 9.60. The lowest BCUT2D eigenvalue weighted by Crippen LogP contribution is -1.99. The molecule has 2 rings (SSSR count). The van der Waals surface area contributed by atoms with Gasteiger partial charge < -0.3 is 10.1 Å². The normalized spacial score (nSPS) is 10.7. The van der Waals surface area contributed by atoms with Gasteiger partial charge in [-0.2, -0.15) is 0 Å². The van der Waals surface area contributed by atoms with Crippen LogP contribution in [0.3, 0.4) is 0 Å². The molecule has 106 valence electrons. The van der Waals surface area contributed by atoms with E-state index in [-0.39, 0.29) is 0 Å². The first-order valence-electron chi connectivity index (χ1n) is 6.96. The van der Waals surface area contributed by atoms with Gasteiger partial charge in [0.25, 0.3) is 0 Å². The Labute approximate surface area is 121 Å². The van der Waals surface area contributed by atoms with Gasteiger partial charge in [0.2, 0.25) is 0 Å². The van der Waals surface area contributed by atoms with E-state index >= 15 is 0 Å². The summed E-state index contributed by atoms with van der Waals surface area (Å²) in [5.41, 5.74) is 3.76. The summed E-state index contributed by atoms with van der Waals surface area (Å²) in [4.78, 5) is 4.19. The predicted octanol–water partition coefficient (Wildman–Crippen LogP) is 4.13. The van der Waals surface area contributed by atoms with Crippen molar-refractivity contribution in [2.24, 2.45) is 0 Å². The largest absolute Gasteiger partial charge is 0.489 e. The Hall–Kier alpha value is -2.03. The quantitative estimate of drug-likeness (QED) is 0.887. The van der Waals surface area contributed by atoms with Crippen LogP contribution in [0.25, 0.3) is 0 Å². The highest BCUT2D eigenvalue weighted by atomic mass is 16.5.